The lowest BCUT2D eigenvalue weighted by Gasteiger charge is -2.58. The average molecular weight is 1160 g/mol. The predicted molar refractivity (Wildman–Crippen MR) is 318 cm³/mol. The summed E-state index contributed by atoms with van der Waals surface area (Å²) in [7, 11) is 5.22. The molecule has 3 aromatic carbocycles. The number of nitrogens with zero attached hydrogens (tertiary/aromatic N) is 1. The van der Waals surface area contributed by atoms with Gasteiger partial charge >= 0.3 is 0 Å². The van der Waals surface area contributed by atoms with Gasteiger partial charge in [-0.05, 0) is 153 Å². The number of phenols is 2. The second-order valence-corrected chi connectivity index (χ2v) is 27.7. The number of aliphatic hydroxyl groups excluding tert-OH is 4. The van der Waals surface area contributed by atoms with Gasteiger partial charge in [0.25, 0.3) is 0 Å². The number of aryl methyl sites for hydroxylation is 2. The lowest BCUT2D eigenvalue weighted by atomic mass is 9.51. The van der Waals surface area contributed by atoms with E-state index < -0.39 is 42.1 Å². The molecule has 0 amide bonds. The molecule has 4 heterocycles. The van der Waals surface area contributed by atoms with Crippen LogP contribution in [-0.2, 0) is 41.6 Å². The van der Waals surface area contributed by atoms with Gasteiger partial charge in [0, 0.05) is 66.4 Å². The Kier molecular flexibility index (Phi) is 17.8. The molecular weight excluding hydrogens is 1080 g/mol. The average Bonchev–Trinajstić information content (AvgIpc) is 1.67. The minimum Gasteiger partial charge on any atom is -0.508 e. The number of guanidine groups is 1. The standard InChI is InChI=1S/C65H82N4O11S2/c1-38(2)55-34-82-81-33-53-52-29-51-42-10-15-48(74)28-47(73)14-9-41-11-16-56(75)59(79-37-71)49(41)6-4-5-43(26-42)58(60(51)80-61(52)76)78-36-67-65-35-63(21-17-40(30-63)25-39-7-12-46(72)13-8-39)22-19-45(65)27-50(57(32-70)77-3)44-18-23-64(65,31-44)24-20-54(53)68-62(66)69-55/h7-8,11-13,16,18,23,26,38,40,44-45,48,50,52-55,57,61,67,70-72,74-76H,5,9-10,14-15,17,19,21-22,25,27-37H2,1-3H3,(H3,66,68,69)/t40-,44-,45-,48+,50-,52-,53-,54-,55-,57+,61-,63+,64-,65+/m0/s1. The first-order valence-corrected chi connectivity index (χ1v) is 32.3. The third-order valence-corrected chi connectivity index (χ3v) is 22.5. The number of phenolic OH excluding ortho intramolecular Hbond substituents is 2. The van der Waals surface area contributed by atoms with E-state index in [1.165, 1.54) is 11.6 Å². The maximum Gasteiger partial charge on any atom is 0.201 e. The highest BCUT2D eigenvalue weighted by atomic mass is 33.1. The zero-order chi connectivity index (χ0) is 57.3. The van der Waals surface area contributed by atoms with Crippen LogP contribution in [0.3, 0.4) is 0 Å². The number of hydrogen-bond acceptors (Lipinski definition) is 17. The van der Waals surface area contributed by atoms with Crippen molar-refractivity contribution in [3.8, 4) is 52.4 Å². The number of ketones is 1. The number of carbonyl (C=O) groups is 1. The number of Topliss-reactive ketones (excluding diaryl/α,β-unsaturated/α-hetero) is 1. The van der Waals surface area contributed by atoms with Crippen LogP contribution in [0.1, 0.15) is 118 Å². The molecule has 0 unspecified atom stereocenters. The third kappa shape index (κ3) is 11.8. The number of aliphatic hydroxyl groups is 4. The van der Waals surface area contributed by atoms with Crippen LogP contribution in [0.15, 0.2) is 59.6 Å². The number of fused-ring (bicyclic) bond motifs is 7. The van der Waals surface area contributed by atoms with Crippen LogP contribution in [0.5, 0.6) is 28.7 Å². The number of rotatable bonds is 8. The number of hydrogen-bond donors (Lipinski definition) is 9. The number of carbonyl (C=O) groups excluding carboxylic acids is 1. The Morgan fingerprint density at radius 3 is 2.55 bits per heavy atom. The smallest absolute Gasteiger partial charge is 0.201 e. The molecule has 440 valence electrons. The van der Waals surface area contributed by atoms with Crippen molar-refractivity contribution in [2.45, 2.75) is 153 Å². The van der Waals surface area contributed by atoms with Gasteiger partial charge in [0.1, 0.15) is 18.3 Å². The highest BCUT2D eigenvalue weighted by molar-refractivity contribution is 8.76. The van der Waals surface area contributed by atoms with Crippen molar-refractivity contribution in [1.82, 2.24) is 10.6 Å². The van der Waals surface area contributed by atoms with Gasteiger partial charge in [-0.2, -0.15) is 0 Å². The summed E-state index contributed by atoms with van der Waals surface area (Å²) < 4.78 is 25.9. The second kappa shape index (κ2) is 24.9. The molecule has 5 aliphatic carbocycles. The number of benzene rings is 3. The van der Waals surface area contributed by atoms with Crippen molar-refractivity contribution >= 4 is 33.3 Å². The summed E-state index contributed by atoms with van der Waals surface area (Å²) in [6.07, 6.45) is 12.2. The maximum absolute atomic E-state index is 13.5. The molecule has 10 N–H and O–H groups in total. The zero-order valence-corrected chi connectivity index (χ0v) is 49.2. The molecule has 17 heteroatoms. The van der Waals surface area contributed by atoms with Crippen LogP contribution in [-0.4, -0.2) is 117 Å². The molecule has 3 fully saturated rings. The number of methoxy groups -OCH3 is 1. The molecule has 12 rings (SSSR count). The molecule has 82 heavy (non-hydrogen) atoms. The van der Waals surface area contributed by atoms with Gasteiger partial charge in [-0.25, -0.2) is 4.99 Å². The van der Waals surface area contributed by atoms with E-state index in [4.69, 9.17) is 29.7 Å². The van der Waals surface area contributed by atoms with E-state index in [0.717, 1.165) is 68.2 Å². The summed E-state index contributed by atoms with van der Waals surface area (Å²) in [5, 5.41) is 74.2. The lowest BCUT2D eigenvalue weighted by Crippen LogP contribution is -2.66. The molecule has 15 nitrogen and oxygen atoms in total. The lowest BCUT2D eigenvalue weighted by molar-refractivity contribution is -0.121. The highest BCUT2D eigenvalue weighted by Gasteiger charge is 2.65. The van der Waals surface area contributed by atoms with Crippen molar-refractivity contribution in [2.24, 2.45) is 63.0 Å². The Balaban J connectivity index is 1.09. The molecule has 0 radical (unpaired) electrons. The monoisotopic (exact) mass is 1160 g/mol. The minimum atomic E-state index is -1.29. The summed E-state index contributed by atoms with van der Waals surface area (Å²) in [6, 6.07) is 12.3. The number of nitrogens with two attached hydrogens (primary N) is 1. The van der Waals surface area contributed by atoms with Crippen LogP contribution in [0.4, 0.5) is 0 Å². The number of nitrogens with one attached hydrogen (secondary N) is 2. The normalized spacial score (nSPS) is 33.9. The predicted octanol–water partition coefficient (Wildman–Crippen LogP) is 7.50. The summed E-state index contributed by atoms with van der Waals surface area (Å²) in [5.41, 5.74) is 10.3. The Bertz CT molecular complexity index is 3020. The van der Waals surface area contributed by atoms with Crippen molar-refractivity contribution < 1.29 is 54.4 Å². The molecule has 9 aliphatic rings. The fraction of sp³-hybridized carbons (Fsp3) is 0.600. The molecule has 4 aliphatic heterocycles. The topological polar surface area (TPSA) is 238 Å². The van der Waals surface area contributed by atoms with E-state index in [2.05, 4.69) is 66.4 Å². The van der Waals surface area contributed by atoms with Crippen LogP contribution >= 0.6 is 21.6 Å². The molecule has 0 saturated heterocycles. The van der Waals surface area contributed by atoms with E-state index in [0.29, 0.717) is 71.5 Å². The van der Waals surface area contributed by atoms with Gasteiger partial charge in [0.05, 0.1) is 41.9 Å². The van der Waals surface area contributed by atoms with Gasteiger partial charge in [0.15, 0.2) is 35.8 Å². The molecule has 0 aromatic heterocycles. The van der Waals surface area contributed by atoms with Crippen molar-refractivity contribution in [2.75, 3.05) is 38.7 Å². The highest BCUT2D eigenvalue weighted by Crippen LogP contribution is 2.66. The summed E-state index contributed by atoms with van der Waals surface area (Å²) in [6.45, 7) is 3.58. The van der Waals surface area contributed by atoms with Crippen molar-refractivity contribution in [1.29, 1.82) is 0 Å². The maximum atomic E-state index is 13.5. The second-order valence-electron chi connectivity index (χ2n) is 25.2. The summed E-state index contributed by atoms with van der Waals surface area (Å²) in [5.74, 6) is 17.2. The first-order chi connectivity index (χ1) is 39.6. The number of aliphatic imine (C=N–C) groups is 1. The Morgan fingerprint density at radius 2 is 1.76 bits per heavy atom. The van der Waals surface area contributed by atoms with E-state index in [1.54, 1.807) is 46.9 Å². The Labute approximate surface area is 490 Å². The van der Waals surface area contributed by atoms with Crippen LogP contribution in [0.25, 0.3) is 0 Å². The molecule has 14 atom stereocenters. The fourth-order valence-electron chi connectivity index (χ4n) is 15.7. The first kappa shape index (κ1) is 58.7. The van der Waals surface area contributed by atoms with E-state index in [1.807, 2.05) is 12.1 Å². The molecule has 8 bridgehead atoms. The Hall–Kier alpha value is -5.08. The van der Waals surface area contributed by atoms with Crippen LogP contribution < -0.4 is 30.6 Å². The van der Waals surface area contributed by atoms with E-state index >= 15 is 0 Å². The van der Waals surface area contributed by atoms with Crippen molar-refractivity contribution in [3.05, 3.63) is 88.0 Å². The van der Waals surface area contributed by atoms with Crippen molar-refractivity contribution in [3.63, 3.8) is 0 Å². The van der Waals surface area contributed by atoms with Crippen LogP contribution in [0.2, 0.25) is 0 Å². The van der Waals surface area contributed by atoms with Gasteiger partial charge in [-0.3, -0.25) is 10.1 Å². The number of allylic oxidation sites excluding steroid dienone is 1. The van der Waals surface area contributed by atoms with Gasteiger partial charge in [0.2, 0.25) is 6.29 Å². The molecule has 3 saturated carbocycles. The van der Waals surface area contributed by atoms with E-state index in [-0.39, 0.29) is 109 Å². The third-order valence-electron chi connectivity index (χ3n) is 20.0. The van der Waals surface area contributed by atoms with Gasteiger partial charge in [-0.15, -0.1) is 0 Å². The minimum absolute atomic E-state index is 0.0161. The van der Waals surface area contributed by atoms with E-state index in [9.17, 15) is 35.4 Å². The molecule has 3 spiro atoms. The van der Waals surface area contributed by atoms with Crippen LogP contribution in [0, 0.1) is 75.9 Å². The zero-order valence-electron chi connectivity index (χ0n) is 47.5. The van der Waals surface area contributed by atoms with Gasteiger partial charge < -0.3 is 60.6 Å². The summed E-state index contributed by atoms with van der Waals surface area (Å²) >= 11 is 0. The fourth-order valence-corrected chi connectivity index (χ4v) is 18.6. The van der Waals surface area contributed by atoms with Gasteiger partial charge in [-0.1, -0.05) is 95.5 Å². The number of aromatic hydroxyl groups is 2. The summed E-state index contributed by atoms with van der Waals surface area (Å²) in [4.78, 5) is 18.6. The SMILES string of the molecule is CO[C@H](CO)[C@H]1C[C@@H]2CC[C@@]3(CC[C@@H](Cc4ccc(O)cc4)C3)C[C@@]23NCOc2c4cc(c5c2O[C@H](O)[C@@H](C5)[C@@H]2CSSC[C@@H](C(C)C)N=C(N)N[C@H]2C#C[C@]32C=C[C@H]1C2)CC[C@@H](O)CC(=O)CCc1ccc(O)c(OCO)c1C#CC4. The largest absolute Gasteiger partial charge is 0.508 e. The quantitative estimate of drug-likeness (QED) is 0.0460. The molecule has 3 aromatic rings. The first-order valence-electron chi connectivity index (χ1n) is 29.8. The number of ether oxygens (including phenoxy) is 4. The molecular formula is C65H82N4O11S2. The Morgan fingerprint density at radius 1 is 0.939 bits per heavy atom.